The van der Waals surface area contributed by atoms with E-state index in [1.165, 1.54) is 151 Å². The topological polar surface area (TPSA) is 0 Å². The van der Waals surface area contributed by atoms with Crippen molar-refractivity contribution in [2.75, 3.05) is 53.4 Å². The predicted octanol–water partition coefficient (Wildman–Crippen LogP) is 6.15. The molecule has 0 N–H and O–H groups in total. The summed E-state index contributed by atoms with van der Waals surface area (Å²) in [5, 5.41) is 0. The quantitative estimate of drug-likeness (QED) is 0.241. The van der Waals surface area contributed by atoms with Gasteiger partial charge in [-0.25, -0.2) is 0 Å². The van der Waals surface area contributed by atoms with Crippen LogP contribution < -0.4 is 0 Å². The summed E-state index contributed by atoms with van der Waals surface area (Å²) in [7, 11) is 4.95. The normalized spacial score (nSPS) is 21.5. The van der Waals surface area contributed by atoms with Crippen molar-refractivity contribution in [3.05, 3.63) is 0 Å². The van der Waals surface area contributed by atoms with E-state index in [2.05, 4.69) is 14.1 Å². The largest absolute Gasteiger partial charge is 0.326 e. The molecule has 0 atom stereocenters. The van der Waals surface area contributed by atoms with Gasteiger partial charge in [0.25, 0.3) is 0 Å². The molecule has 0 amide bonds. The Kier molecular flexibility index (Phi) is 10.6. The first-order valence-electron chi connectivity index (χ1n) is 12.3. The van der Waals surface area contributed by atoms with E-state index in [-0.39, 0.29) is 0 Å². The maximum Gasteiger partial charge on any atom is 0.0786 e. The summed E-state index contributed by atoms with van der Waals surface area (Å²) in [4.78, 5) is 0. The number of hydrogen-bond donors (Lipinski definition) is 0. The van der Waals surface area contributed by atoms with Crippen LogP contribution >= 0.6 is 0 Å². The predicted molar refractivity (Wildman–Crippen MR) is 115 cm³/mol. The number of hydrogen-bond acceptors (Lipinski definition) is 0. The first kappa shape index (κ1) is 22.2. The van der Waals surface area contributed by atoms with E-state index in [0.29, 0.717) is 0 Å². The SMILES string of the molecule is C[N+]1(CCCCCCCCCCCCCC[N+]2(C)CCCC2)CCCC1. The highest BCUT2D eigenvalue weighted by Gasteiger charge is 2.26. The van der Waals surface area contributed by atoms with Gasteiger partial charge in [-0.3, -0.25) is 0 Å². The first-order chi connectivity index (χ1) is 12.6. The fourth-order valence-electron chi connectivity index (χ4n) is 5.40. The average Bonchev–Trinajstić information content (AvgIpc) is 3.25. The van der Waals surface area contributed by atoms with Gasteiger partial charge in [-0.05, 0) is 25.7 Å². The third-order valence-electron chi connectivity index (χ3n) is 7.44. The Morgan fingerprint density at radius 1 is 0.385 bits per heavy atom. The zero-order valence-electron chi connectivity index (χ0n) is 18.5. The van der Waals surface area contributed by atoms with Gasteiger partial charge >= 0.3 is 0 Å². The fourth-order valence-corrected chi connectivity index (χ4v) is 5.40. The van der Waals surface area contributed by atoms with Crippen molar-refractivity contribution in [1.82, 2.24) is 0 Å². The number of quaternary nitrogens is 2. The molecule has 26 heavy (non-hydrogen) atoms. The summed E-state index contributed by atoms with van der Waals surface area (Å²) in [5.41, 5.74) is 0. The molecule has 0 aromatic carbocycles. The van der Waals surface area contributed by atoms with E-state index >= 15 is 0 Å². The first-order valence-corrected chi connectivity index (χ1v) is 12.3. The van der Waals surface area contributed by atoms with Crippen LogP contribution in [-0.4, -0.2) is 62.3 Å². The lowest BCUT2D eigenvalue weighted by atomic mass is 10.0. The lowest BCUT2D eigenvalue weighted by molar-refractivity contribution is -0.897. The summed E-state index contributed by atoms with van der Waals surface area (Å²) in [6.07, 6.45) is 23.7. The number of rotatable bonds is 15. The Hall–Kier alpha value is -0.0800. The zero-order chi connectivity index (χ0) is 18.6. The maximum atomic E-state index is 2.47. The van der Waals surface area contributed by atoms with Crippen LogP contribution in [0, 0.1) is 0 Å². The highest BCUT2D eigenvalue weighted by atomic mass is 15.3. The van der Waals surface area contributed by atoms with Gasteiger partial charge < -0.3 is 8.97 Å². The maximum absolute atomic E-state index is 2.47. The molecule has 154 valence electrons. The Bertz CT molecular complexity index is 306. The molecule has 2 aliphatic rings. The molecule has 2 heteroatoms. The summed E-state index contributed by atoms with van der Waals surface area (Å²) in [6, 6.07) is 0. The third kappa shape index (κ3) is 9.22. The monoisotopic (exact) mass is 366 g/mol. The molecule has 0 radical (unpaired) electrons. The Morgan fingerprint density at radius 2 is 0.615 bits per heavy atom. The minimum absolute atomic E-state index is 1.37. The lowest BCUT2D eigenvalue weighted by Gasteiger charge is -2.29. The second-order valence-corrected chi connectivity index (χ2v) is 10.2. The molecule has 2 aliphatic heterocycles. The van der Waals surface area contributed by atoms with Crippen molar-refractivity contribution >= 4 is 0 Å². The molecule has 2 heterocycles. The van der Waals surface area contributed by atoms with Gasteiger partial charge in [0.2, 0.25) is 0 Å². The highest BCUT2D eigenvalue weighted by molar-refractivity contribution is 4.54. The molecule has 2 rings (SSSR count). The summed E-state index contributed by atoms with van der Waals surface area (Å²) in [5.74, 6) is 0. The molecule has 2 nitrogen and oxygen atoms in total. The molecule has 0 unspecified atom stereocenters. The van der Waals surface area contributed by atoms with Crippen LogP contribution in [0.4, 0.5) is 0 Å². The number of nitrogens with zero attached hydrogens (tertiary/aromatic N) is 2. The van der Waals surface area contributed by atoms with Crippen molar-refractivity contribution in [2.45, 2.75) is 103 Å². The van der Waals surface area contributed by atoms with Crippen molar-refractivity contribution < 1.29 is 8.97 Å². The standard InChI is InChI=1S/C24H50N2/c1-25(21-15-16-22-25)19-13-11-9-7-5-3-4-6-8-10-12-14-20-26(2)23-17-18-24-26/h3-24H2,1-2H3/q+2. The molecule has 0 bridgehead atoms. The van der Waals surface area contributed by atoms with E-state index in [4.69, 9.17) is 0 Å². The van der Waals surface area contributed by atoms with Crippen molar-refractivity contribution in [2.24, 2.45) is 0 Å². The van der Waals surface area contributed by atoms with Gasteiger partial charge in [0, 0.05) is 25.7 Å². The van der Waals surface area contributed by atoms with Crippen LogP contribution in [0.25, 0.3) is 0 Å². The van der Waals surface area contributed by atoms with Gasteiger partial charge in [0.15, 0.2) is 0 Å². The Balaban J connectivity index is 1.26. The molecule has 0 aliphatic carbocycles. The Morgan fingerprint density at radius 3 is 0.885 bits per heavy atom. The van der Waals surface area contributed by atoms with E-state index in [0.717, 1.165) is 0 Å². The summed E-state index contributed by atoms with van der Waals surface area (Å²) in [6.45, 7) is 8.66. The van der Waals surface area contributed by atoms with Gasteiger partial charge in [-0.2, -0.15) is 0 Å². The van der Waals surface area contributed by atoms with Crippen LogP contribution in [0.5, 0.6) is 0 Å². The van der Waals surface area contributed by atoms with E-state index in [1.807, 2.05) is 0 Å². The van der Waals surface area contributed by atoms with Crippen LogP contribution in [0.2, 0.25) is 0 Å². The minimum Gasteiger partial charge on any atom is -0.326 e. The average molecular weight is 367 g/mol. The molecule has 2 fully saturated rings. The third-order valence-corrected chi connectivity index (χ3v) is 7.44. The minimum atomic E-state index is 1.37. The van der Waals surface area contributed by atoms with Crippen LogP contribution in [-0.2, 0) is 0 Å². The number of likely N-dealkylation sites (tertiary alicyclic amines) is 2. The molecular weight excluding hydrogens is 316 g/mol. The van der Waals surface area contributed by atoms with E-state index in [9.17, 15) is 0 Å². The van der Waals surface area contributed by atoms with Crippen LogP contribution in [0.1, 0.15) is 103 Å². The second kappa shape index (κ2) is 12.4. The van der Waals surface area contributed by atoms with E-state index in [1.54, 1.807) is 0 Å². The highest BCUT2D eigenvalue weighted by Crippen LogP contribution is 2.19. The number of unbranched alkanes of at least 4 members (excludes halogenated alkanes) is 11. The molecule has 0 aromatic rings. The van der Waals surface area contributed by atoms with E-state index < -0.39 is 0 Å². The van der Waals surface area contributed by atoms with Crippen molar-refractivity contribution in [3.8, 4) is 0 Å². The van der Waals surface area contributed by atoms with Gasteiger partial charge in [0.1, 0.15) is 0 Å². The lowest BCUT2D eigenvalue weighted by Crippen LogP contribution is -2.41. The van der Waals surface area contributed by atoms with Crippen molar-refractivity contribution in [1.29, 1.82) is 0 Å². The smallest absolute Gasteiger partial charge is 0.0786 e. The molecule has 0 spiro atoms. The Labute approximate surface area is 165 Å². The molecule has 2 saturated heterocycles. The fraction of sp³-hybridized carbons (Fsp3) is 1.00. The zero-order valence-corrected chi connectivity index (χ0v) is 18.5. The summed E-state index contributed by atoms with van der Waals surface area (Å²) < 4.78 is 2.75. The van der Waals surface area contributed by atoms with Gasteiger partial charge in [-0.1, -0.05) is 51.4 Å². The summed E-state index contributed by atoms with van der Waals surface area (Å²) >= 11 is 0. The van der Waals surface area contributed by atoms with Gasteiger partial charge in [-0.15, -0.1) is 0 Å². The molecule has 0 saturated carbocycles. The molecular formula is C24H50N2+2. The van der Waals surface area contributed by atoms with Gasteiger partial charge in [0.05, 0.1) is 53.4 Å². The van der Waals surface area contributed by atoms with Crippen molar-refractivity contribution in [3.63, 3.8) is 0 Å². The second-order valence-electron chi connectivity index (χ2n) is 10.2. The molecule has 0 aromatic heterocycles. The van der Waals surface area contributed by atoms with Crippen LogP contribution in [0.15, 0.2) is 0 Å². The van der Waals surface area contributed by atoms with Crippen LogP contribution in [0.3, 0.4) is 0 Å².